The summed E-state index contributed by atoms with van der Waals surface area (Å²) < 4.78 is 12.0. The van der Waals surface area contributed by atoms with Crippen molar-refractivity contribution in [1.82, 2.24) is 19.7 Å². The van der Waals surface area contributed by atoms with Crippen molar-refractivity contribution in [3.05, 3.63) is 60.1 Å². The maximum atomic E-state index is 12.2. The van der Waals surface area contributed by atoms with E-state index in [-0.39, 0.29) is 5.75 Å². The van der Waals surface area contributed by atoms with Crippen LogP contribution in [0.15, 0.2) is 64.8 Å². The number of para-hydroxylation sites is 2. The summed E-state index contributed by atoms with van der Waals surface area (Å²) in [5, 5.41) is 7.48. The van der Waals surface area contributed by atoms with E-state index >= 15 is 0 Å². The number of anilines is 1. The van der Waals surface area contributed by atoms with E-state index in [1.807, 2.05) is 18.2 Å². The number of oxazole rings is 1. The van der Waals surface area contributed by atoms with Crippen molar-refractivity contribution in [3.8, 4) is 5.69 Å². The fourth-order valence-corrected chi connectivity index (χ4v) is 3.36. The standard InChI is InChI=1S/C19H14ClN5O4S/c20-12-5-6-15(25-11-21-10-22-25)14(7-12)23-17(26)8-28-18(27)9-30-19-24-13-3-1-2-4-16(13)29-19/h1-7,10-11H,8-9H2,(H,23,26). The topological polar surface area (TPSA) is 112 Å². The molecule has 0 saturated carbocycles. The maximum Gasteiger partial charge on any atom is 0.316 e. The van der Waals surface area contributed by atoms with Crippen molar-refractivity contribution in [2.24, 2.45) is 0 Å². The van der Waals surface area contributed by atoms with Crippen LogP contribution in [0, 0.1) is 0 Å². The van der Waals surface area contributed by atoms with Crippen molar-refractivity contribution in [2.45, 2.75) is 5.22 Å². The van der Waals surface area contributed by atoms with Crippen molar-refractivity contribution >= 4 is 52.0 Å². The lowest BCUT2D eigenvalue weighted by atomic mass is 10.2. The van der Waals surface area contributed by atoms with Crippen LogP contribution in [-0.2, 0) is 14.3 Å². The van der Waals surface area contributed by atoms with E-state index in [1.165, 1.54) is 17.3 Å². The minimum absolute atomic E-state index is 0.0402. The van der Waals surface area contributed by atoms with Crippen LogP contribution in [-0.4, -0.2) is 44.0 Å². The molecule has 1 amide bonds. The van der Waals surface area contributed by atoms with Crippen LogP contribution >= 0.6 is 23.4 Å². The molecule has 1 N–H and O–H groups in total. The number of rotatable bonds is 7. The summed E-state index contributed by atoms with van der Waals surface area (Å²) in [5.74, 6) is -1.12. The zero-order valence-corrected chi connectivity index (χ0v) is 16.9. The first-order valence-corrected chi connectivity index (χ1v) is 10.0. The molecule has 9 nitrogen and oxygen atoms in total. The van der Waals surface area contributed by atoms with Gasteiger partial charge in [0.05, 0.1) is 11.4 Å². The van der Waals surface area contributed by atoms with Gasteiger partial charge >= 0.3 is 5.97 Å². The summed E-state index contributed by atoms with van der Waals surface area (Å²) >= 11 is 7.11. The fourth-order valence-electron chi connectivity index (χ4n) is 2.55. The summed E-state index contributed by atoms with van der Waals surface area (Å²) in [6.07, 6.45) is 2.86. The number of carbonyl (C=O) groups excluding carboxylic acids is 2. The van der Waals surface area contributed by atoms with Crippen LogP contribution in [0.1, 0.15) is 0 Å². The molecule has 0 bridgehead atoms. The minimum Gasteiger partial charge on any atom is -0.455 e. The third-order valence-electron chi connectivity index (χ3n) is 3.85. The van der Waals surface area contributed by atoms with Gasteiger partial charge in [0, 0.05) is 5.02 Å². The molecule has 0 fully saturated rings. The van der Waals surface area contributed by atoms with Gasteiger partial charge in [0.25, 0.3) is 11.1 Å². The minimum atomic E-state index is -0.569. The van der Waals surface area contributed by atoms with Gasteiger partial charge in [-0.15, -0.1) is 0 Å². The number of nitrogens with one attached hydrogen (secondary N) is 1. The Morgan fingerprint density at radius 3 is 2.90 bits per heavy atom. The van der Waals surface area contributed by atoms with E-state index < -0.39 is 18.5 Å². The number of carbonyl (C=O) groups is 2. The lowest BCUT2D eigenvalue weighted by molar-refractivity contribution is -0.144. The summed E-state index contributed by atoms with van der Waals surface area (Å²) in [4.78, 5) is 32.3. The number of hydrogen-bond acceptors (Lipinski definition) is 8. The van der Waals surface area contributed by atoms with Gasteiger partial charge in [-0.3, -0.25) is 9.59 Å². The number of nitrogens with zero attached hydrogens (tertiary/aromatic N) is 4. The summed E-state index contributed by atoms with van der Waals surface area (Å²) in [7, 11) is 0. The van der Waals surface area contributed by atoms with E-state index in [0.717, 1.165) is 11.8 Å². The van der Waals surface area contributed by atoms with Crippen LogP contribution in [0.3, 0.4) is 0 Å². The van der Waals surface area contributed by atoms with E-state index in [2.05, 4.69) is 20.4 Å². The zero-order chi connectivity index (χ0) is 20.9. The summed E-state index contributed by atoms with van der Waals surface area (Å²) in [5.41, 5.74) is 2.33. The third kappa shape index (κ3) is 4.78. The Bertz CT molecular complexity index is 1160. The Hall–Kier alpha value is -3.37. The maximum absolute atomic E-state index is 12.2. The predicted molar refractivity (Wildman–Crippen MR) is 111 cm³/mol. The average Bonchev–Trinajstić information content (AvgIpc) is 3.40. The molecule has 0 radical (unpaired) electrons. The van der Waals surface area contributed by atoms with Gasteiger partial charge < -0.3 is 14.5 Å². The molecule has 2 heterocycles. The molecule has 11 heteroatoms. The first-order chi connectivity index (χ1) is 14.6. The average molecular weight is 444 g/mol. The fraction of sp³-hybridized carbons (Fsp3) is 0.105. The first-order valence-electron chi connectivity index (χ1n) is 8.67. The molecule has 2 aromatic carbocycles. The van der Waals surface area contributed by atoms with Gasteiger partial charge in [-0.1, -0.05) is 35.5 Å². The van der Waals surface area contributed by atoms with Crippen molar-refractivity contribution in [1.29, 1.82) is 0 Å². The number of esters is 1. The Labute approximate surface area is 179 Å². The second-order valence-corrected chi connectivity index (χ2v) is 7.31. The highest BCUT2D eigenvalue weighted by Gasteiger charge is 2.14. The smallest absolute Gasteiger partial charge is 0.316 e. The number of fused-ring (bicyclic) bond motifs is 1. The third-order valence-corrected chi connectivity index (χ3v) is 4.89. The van der Waals surface area contributed by atoms with Crippen molar-refractivity contribution < 1.29 is 18.7 Å². The molecule has 4 aromatic rings. The van der Waals surface area contributed by atoms with Gasteiger partial charge in [-0.2, -0.15) is 5.10 Å². The Kier molecular flexibility index (Phi) is 5.96. The molecular formula is C19H14ClN5O4S. The molecule has 0 atom stereocenters. The van der Waals surface area contributed by atoms with Gasteiger partial charge in [0.2, 0.25) is 0 Å². The molecule has 152 valence electrons. The molecule has 0 unspecified atom stereocenters. The Morgan fingerprint density at radius 2 is 2.10 bits per heavy atom. The molecule has 2 aromatic heterocycles. The number of benzene rings is 2. The second-order valence-electron chi connectivity index (χ2n) is 5.95. The van der Waals surface area contributed by atoms with Crippen molar-refractivity contribution in [3.63, 3.8) is 0 Å². The van der Waals surface area contributed by atoms with E-state index in [0.29, 0.717) is 32.7 Å². The molecule has 0 aliphatic heterocycles. The molecule has 30 heavy (non-hydrogen) atoms. The monoisotopic (exact) mass is 443 g/mol. The number of ether oxygens (including phenoxy) is 1. The number of halogens is 1. The van der Waals surface area contributed by atoms with E-state index in [9.17, 15) is 9.59 Å². The van der Waals surface area contributed by atoms with Gasteiger partial charge in [-0.05, 0) is 30.3 Å². The van der Waals surface area contributed by atoms with E-state index in [1.54, 1.807) is 24.3 Å². The Balaban J connectivity index is 1.30. The number of amides is 1. The first kappa shape index (κ1) is 19.9. The largest absolute Gasteiger partial charge is 0.455 e. The zero-order valence-electron chi connectivity index (χ0n) is 15.3. The SMILES string of the molecule is O=C(COC(=O)CSc1nc2ccccc2o1)Nc1cc(Cl)ccc1-n1cncn1. The quantitative estimate of drug-likeness (QED) is 0.342. The van der Waals surface area contributed by atoms with Crippen LogP contribution in [0.25, 0.3) is 16.8 Å². The van der Waals surface area contributed by atoms with Crippen molar-refractivity contribution in [2.75, 3.05) is 17.7 Å². The van der Waals surface area contributed by atoms with Gasteiger partial charge in [0.15, 0.2) is 12.2 Å². The summed E-state index contributed by atoms with van der Waals surface area (Å²) in [6, 6.07) is 12.2. The summed E-state index contributed by atoms with van der Waals surface area (Å²) in [6.45, 7) is -0.448. The Morgan fingerprint density at radius 1 is 1.23 bits per heavy atom. The van der Waals surface area contributed by atoms with E-state index in [4.69, 9.17) is 20.8 Å². The normalized spacial score (nSPS) is 10.8. The molecule has 0 saturated heterocycles. The molecular weight excluding hydrogens is 430 g/mol. The molecule has 0 aliphatic carbocycles. The van der Waals surface area contributed by atoms with Crippen LogP contribution in [0.5, 0.6) is 0 Å². The highest BCUT2D eigenvalue weighted by atomic mass is 35.5. The predicted octanol–water partition coefficient (Wildman–Crippen LogP) is 3.34. The number of aromatic nitrogens is 4. The highest BCUT2D eigenvalue weighted by Crippen LogP contribution is 2.24. The lowest BCUT2D eigenvalue weighted by Gasteiger charge is -2.11. The van der Waals surface area contributed by atoms with Gasteiger partial charge in [-0.25, -0.2) is 14.6 Å². The highest BCUT2D eigenvalue weighted by molar-refractivity contribution is 7.99. The number of hydrogen-bond donors (Lipinski definition) is 1. The molecule has 4 rings (SSSR count). The second kappa shape index (κ2) is 8.97. The molecule has 0 spiro atoms. The number of thioether (sulfide) groups is 1. The molecule has 0 aliphatic rings. The van der Waals surface area contributed by atoms with Gasteiger partial charge in [0.1, 0.15) is 23.9 Å². The van der Waals surface area contributed by atoms with Crippen LogP contribution < -0.4 is 5.32 Å². The van der Waals surface area contributed by atoms with Crippen LogP contribution in [0.2, 0.25) is 5.02 Å². The van der Waals surface area contributed by atoms with Crippen LogP contribution in [0.4, 0.5) is 5.69 Å². The lowest BCUT2D eigenvalue weighted by Crippen LogP contribution is -2.22.